The Morgan fingerprint density at radius 3 is 2.59 bits per heavy atom. The summed E-state index contributed by atoms with van der Waals surface area (Å²) in [6.07, 6.45) is -0.542. The molecule has 1 aromatic heterocycles. The SMILES string of the molecule is O=C(O)C(F)(F)F.c1cc2c(cc1-c1cnoc1)CCNC2. The molecule has 0 amide bonds. The first kappa shape index (κ1) is 16.0. The van der Waals surface area contributed by atoms with E-state index in [1.807, 2.05) is 0 Å². The van der Waals surface area contributed by atoms with Gasteiger partial charge in [0.15, 0.2) is 0 Å². The van der Waals surface area contributed by atoms with Crippen molar-refractivity contribution < 1.29 is 27.6 Å². The van der Waals surface area contributed by atoms with Crippen molar-refractivity contribution in [2.75, 3.05) is 6.54 Å². The lowest BCUT2D eigenvalue weighted by molar-refractivity contribution is -0.192. The van der Waals surface area contributed by atoms with Gasteiger partial charge in [-0.1, -0.05) is 23.4 Å². The fraction of sp³-hybridized carbons (Fsp3) is 0.286. The van der Waals surface area contributed by atoms with E-state index in [1.54, 1.807) is 12.5 Å². The molecule has 1 aliphatic rings. The van der Waals surface area contributed by atoms with E-state index in [2.05, 4.69) is 28.7 Å². The van der Waals surface area contributed by atoms with Crippen molar-refractivity contribution in [1.29, 1.82) is 0 Å². The standard InChI is InChI=1S/C12H12N2O.C2HF3O2/c1-2-11-6-13-4-3-10(11)5-9(1)12-7-14-15-8-12;3-2(4,5)1(6)7/h1-2,5,7-8,13H,3-4,6H2;(H,6,7). The summed E-state index contributed by atoms with van der Waals surface area (Å²) in [5.74, 6) is -2.76. The molecule has 22 heavy (non-hydrogen) atoms. The van der Waals surface area contributed by atoms with Crippen LogP contribution in [0.4, 0.5) is 13.2 Å². The van der Waals surface area contributed by atoms with Gasteiger partial charge in [0.1, 0.15) is 6.26 Å². The third-order valence-electron chi connectivity index (χ3n) is 3.10. The van der Waals surface area contributed by atoms with Gasteiger partial charge in [-0.2, -0.15) is 13.2 Å². The van der Waals surface area contributed by atoms with Crippen LogP contribution >= 0.6 is 0 Å². The average molecular weight is 314 g/mol. The number of aromatic nitrogens is 1. The van der Waals surface area contributed by atoms with E-state index in [9.17, 15) is 13.2 Å². The largest absolute Gasteiger partial charge is 0.490 e. The fourth-order valence-electron chi connectivity index (χ4n) is 2.00. The zero-order valence-corrected chi connectivity index (χ0v) is 11.4. The molecule has 118 valence electrons. The van der Waals surface area contributed by atoms with Crippen LogP contribution in [0.3, 0.4) is 0 Å². The van der Waals surface area contributed by atoms with Crippen LogP contribution in [0.5, 0.6) is 0 Å². The third-order valence-corrected chi connectivity index (χ3v) is 3.10. The fourth-order valence-corrected chi connectivity index (χ4v) is 2.00. The smallest absolute Gasteiger partial charge is 0.475 e. The van der Waals surface area contributed by atoms with Crippen molar-refractivity contribution in [1.82, 2.24) is 10.5 Å². The van der Waals surface area contributed by atoms with Crippen LogP contribution in [-0.4, -0.2) is 29.0 Å². The number of alkyl halides is 3. The predicted octanol–water partition coefficient (Wildman–Crippen LogP) is 2.62. The number of hydrogen-bond acceptors (Lipinski definition) is 4. The average Bonchev–Trinajstić information content (AvgIpc) is 3.00. The number of carboxylic acid groups (broad SMARTS) is 1. The van der Waals surface area contributed by atoms with Crippen LogP contribution in [0, 0.1) is 0 Å². The van der Waals surface area contributed by atoms with Crippen LogP contribution in [0.2, 0.25) is 0 Å². The Balaban J connectivity index is 0.000000217. The second kappa shape index (κ2) is 6.61. The summed E-state index contributed by atoms with van der Waals surface area (Å²) in [6.45, 7) is 2.05. The van der Waals surface area contributed by atoms with Crippen molar-refractivity contribution in [3.8, 4) is 11.1 Å². The lowest BCUT2D eigenvalue weighted by atomic mass is 9.97. The van der Waals surface area contributed by atoms with Crippen LogP contribution < -0.4 is 5.32 Å². The molecular formula is C14H13F3N2O3. The van der Waals surface area contributed by atoms with Crippen LogP contribution in [0.25, 0.3) is 11.1 Å². The van der Waals surface area contributed by atoms with Gasteiger partial charge >= 0.3 is 12.1 Å². The number of nitrogens with zero attached hydrogens (tertiary/aromatic N) is 1. The molecule has 0 saturated carbocycles. The summed E-state index contributed by atoms with van der Waals surface area (Å²) < 4.78 is 36.6. The minimum atomic E-state index is -5.08. The molecule has 0 atom stereocenters. The number of nitrogens with one attached hydrogen (secondary N) is 1. The van der Waals surface area contributed by atoms with Gasteiger partial charge in [-0.05, 0) is 29.7 Å². The number of rotatable bonds is 1. The first-order valence-electron chi connectivity index (χ1n) is 6.40. The quantitative estimate of drug-likeness (QED) is 0.846. The molecule has 0 bridgehead atoms. The Labute approximate surface area is 123 Å². The summed E-state index contributed by atoms with van der Waals surface area (Å²) in [5, 5.41) is 14.2. The number of fused-ring (bicyclic) bond motifs is 1. The van der Waals surface area contributed by atoms with E-state index in [1.165, 1.54) is 16.7 Å². The van der Waals surface area contributed by atoms with Crippen molar-refractivity contribution in [2.24, 2.45) is 0 Å². The molecule has 0 fully saturated rings. The Morgan fingerprint density at radius 1 is 1.27 bits per heavy atom. The van der Waals surface area contributed by atoms with Gasteiger partial charge in [0.2, 0.25) is 0 Å². The summed E-state index contributed by atoms with van der Waals surface area (Å²) >= 11 is 0. The van der Waals surface area contributed by atoms with E-state index in [-0.39, 0.29) is 0 Å². The predicted molar refractivity (Wildman–Crippen MR) is 71.0 cm³/mol. The molecule has 0 aliphatic carbocycles. The Hall–Kier alpha value is -2.35. The molecule has 2 aromatic rings. The van der Waals surface area contributed by atoms with Crippen LogP contribution in [-0.2, 0) is 17.8 Å². The highest BCUT2D eigenvalue weighted by molar-refractivity contribution is 5.73. The molecule has 0 saturated heterocycles. The molecule has 5 nitrogen and oxygen atoms in total. The maximum Gasteiger partial charge on any atom is 0.490 e. The van der Waals surface area contributed by atoms with Gasteiger partial charge in [0.25, 0.3) is 0 Å². The second-order valence-corrected chi connectivity index (χ2v) is 4.63. The topological polar surface area (TPSA) is 75.4 Å². The molecule has 3 rings (SSSR count). The zero-order chi connectivity index (χ0) is 16.2. The number of hydrogen-bond donors (Lipinski definition) is 2. The summed E-state index contributed by atoms with van der Waals surface area (Å²) in [5.41, 5.74) is 5.09. The summed E-state index contributed by atoms with van der Waals surface area (Å²) in [6, 6.07) is 6.55. The maximum absolute atomic E-state index is 10.6. The summed E-state index contributed by atoms with van der Waals surface area (Å²) in [4.78, 5) is 8.90. The normalized spacial score (nSPS) is 13.8. The van der Waals surface area contributed by atoms with Gasteiger partial charge in [-0.3, -0.25) is 0 Å². The van der Waals surface area contributed by atoms with Crippen molar-refractivity contribution in [3.63, 3.8) is 0 Å². The Morgan fingerprint density at radius 2 is 2.00 bits per heavy atom. The molecular weight excluding hydrogens is 301 g/mol. The van der Waals surface area contributed by atoms with Gasteiger partial charge in [-0.15, -0.1) is 0 Å². The van der Waals surface area contributed by atoms with E-state index in [0.29, 0.717) is 0 Å². The second-order valence-electron chi connectivity index (χ2n) is 4.63. The number of carboxylic acids is 1. The molecule has 2 N–H and O–H groups in total. The van der Waals surface area contributed by atoms with E-state index in [4.69, 9.17) is 14.4 Å². The van der Waals surface area contributed by atoms with Gasteiger partial charge in [-0.25, -0.2) is 4.79 Å². The number of halogens is 3. The van der Waals surface area contributed by atoms with Crippen molar-refractivity contribution in [2.45, 2.75) is 19.1 Å². The number of benzene rings is 1. The lowest BCUT2D eigenvalue weighted by Gasteiger charge is -2.17. The minimum absolute atomic E-state index is 0.985. The maximum atomic E-state index is 10.6. The molecule has 0 radical (unpaired) electrons. The van der Waals surface area contributed by atoms with E-state index in [0.717, 1.165) is 25.1 Å². The van der Waals surface area contributed by atoms with Crippen LogP contribution in [0.15, 0.2) is 35.2 Å². The van der Waals surface area contributed by atoms with E-state index < -0.39 is 12.1 Å². The third kappa shape index (κ3) is 4.08. The highest BCUT2D eigenvalue weighted by atomic mass is 19.4. The van der Waals surface area contributed by atoms with Crippen LogP contribution in [0.1, 0.15) is 11.1 Å². The molecule has 0 spiro atoms. The first-order valence-corrected chi connectivity index (χ1v) is 6.40. The zero-order valence-electron chi connectivity index (χ0n) is 11.4. The number of aliphatic carboxylic acids is 1. The minimum Gasteiger partial charge on any atom is -0.475 e. The summed E-state index contributed by atoms with van der Waals surface area (Å²) in [7, 11) is 0. The van der Waals surface area contributed by atoms with Crippen molar-refractivity contribution >= 4 is 5.97 Å². The van der Waals surface area contributed by atoms with Gasteiger partial charge in [0, 0.05) is 12.1 Å². The lowest BCUT2D eigenvalue weighted by Crippen LogP contribution is -2.23. The molecule has 0 unspecified atom stereocenters. The molecule has 1 aromatic carbocycles. The Kier molecular flexibility index (Phi) is 4.81. The molecule has 8 heteroatoms. The first-order chi connectivity index (χ1) is 10.4. The molecule has 2 heterocycles. The highest BCUT2D eigenvalue weighted by Crippen LogP contribution is 2.23. The van der Waals surface area contributed by atoms with Gasteiger partial charge < -0.3 is 14.9 Å². The van der Waals surface area contributed by atoms with Gasteiger partial charge in [0.05, 0.1) is 6.20 Å². The van der Waals surface area contributed by atoms with E-state index >= 15 is 0 Å². The molecule has 1 aliphatic heterocycles. The Bertz CT molecular complexity index is 639. The van der Waals surface area contributed by atoms with Crippen molar-refractivity contribution in [3.05, 3.63) is 41.8 Å². The monoisotopic (exact) mass is 314 g/mol. The number of carbonyl (C=O) groups is 1. The highest BCUT2D eigenvalue weighted by Gasteiger charge is 2.38.